The Morgan fingerprint density at radius 2 is 1.70 bits per heavy atom. The molecule has 118 valence electrons. The van der Waals surface area contributed by atoms with E-state index in [-0.39, 0.29) is 11.8 Å². The third-order valence-corrected chi connectivity index (χ3v) is 3.48. The van der Waals surface area contributed by atoms with Crippen LogP contribution in [-0.4, -0.2) is 44.0 Å². The van der Waals surface area contributed by atoms with E-state index >= 15 is 0 Å². The predicted molar refractivity (Wildman–Crippen MR) is 87.6 cm³/mol. The second kappa shape index (κ2) is 11.0. The SMILES string of the molecule is CCCCCCCCC=CC(=O)C(N)CC[N+](C)(C)C. The minimum atomic E-state index is -0.340. The van der Waals surface area contributed by atoms with Gasteiger partial charge in [-0.25, -0.2) is 0 Å². The van der Waals surface area contributed by atoms with Crippen molar-refractivity contribution in [3.05, 3.63) is 12.2 Å². The first-order valence-electron chi connectivity index (χ1n) is 8.13. The molecule has 0 spiro atoms. The summed E-state index contributed by atoms with van der Waals surface area (Å²) in [6.07, 6.45) is 13.2. The first-order chi connectivity index (χ1) is 9.37. The number of unbranched alkanes of at least 4 members (excludes halogenated alkanes) is 6. The summed E-state index contributed by atoms with van der Waals surface area (Å²) in [5.41, 5.74) is 5.91. The van der Waals surface area contributed by atoms with Gasteiger partial charge in [-0.15, -0.1) is 0 Å². The molecule has 2 N–H and O–H groups in total. The van der Waals surface area contributed by atoms with Gasteiger partial charge in [0.05, 0.1) is 33.7 Å². The first kappa shape index (κ1) is 19.3. The molecule has 0 aromatic carbocycles. The maximum Gasteiger partial charge on any atom is 0.172 e. The average Bonchev–Trinajstić information content (AvgIpc) is 2.38. The van der Waals surface area contributed by atoms with Crippen LogP contribution in [0.15, 0.2) is 12.2 Å². The Balaban J connectivity index is 3.66. The van der Waals surface area contributed by atoms with E-state index in [2.05, 4.69) is 28.1 Å². The largest absolute Gasteiger partial charge is 0.331 e. The van der Waals surface area contributed by atoms with Crippen molar-refractivity contribution < 1.29 is 9.28 Å². The van der Waals surface area contributed by atoms with Crippen molar-refractivity contribution >= 4 is 5.78 Å². The van der Waals surface area contributed by atoms with Crippen molar-refractivity contribution in [2.45, 2.75) is 64.3 Å². The molecule has 0 rings (SSSR count). The number of rotatable bonds is 12. The van der Waals surface area contributed by atoms with Crippen molar-refractivity contribution in [1.82, 2.24) is 0 Å². The molecule has 0 saturated carbocycles. The molecule has 3 nitrogen and oxygen atoms in total. The highest BCUT2D eigenvalue weighted by Crippen LogP contribution is 2.07. The van der Waals surface area contributed by atoms with Crippen molar-refractivity contribution in [2.75, 3.05) is 27.7 Å². The molecule has 3 heteroatoms. The zero-order chi connectivity index (χ0) is 15.4. The van der Waals surface area contributed by atoms with Crippen molar-refractivity contribution in [3.8, 4) is 0 Å². The maximum absolute atomic E-state index is 11.8. The van der Waals surface area contributed by atoms with E-state index in [9.17, 15) is 4.79 Å². The summed E-state index contributed by atoms with van der Waals surface area (Å²) in [5, 5.41) is 0. The summed E-state index contributed by atoms with van der Waals surface area (Å²) < 4.78 is 0.850. The lowest BCUT2D eigenvalue weighted by Gasteiger charge is -2.24. The molecule has 0 fully saturated rings. The van der Waals surface area contributed by atoms with E-state index in [1.807, 2.05) is 6.08 Å². The summed E-state index contributed by atoms with van der Waals surface area (Å²) in [6, 6.07) is -0.340. The van der Waals surface area contributed by atoms with Gasteiger partial charge in [-0.2, -0.15) is 0 Å². The topological polar surface area (TPSA) is 43.1 Å². The van der Waals surface area contributed by atoms with Crippen LogP contribution in [0.3, 0.4) is 0 Å². The minimum Gasteiger partial charge on any atom is -0.331 e. The van der Waals surface area contributed by atoms with Crippen LogP contribution in [0.5, 0.6) is 0 Å². The van der Waals surface area contributed by atoms with Crippen LogP contribution in [0.25, 0.3) is 0 Å². The second-order valence-corrected chi connectivity index (χ2v) is 6.77. The molecule has 0 aliphatic rings. The quantitative estimate of drug-likeness (QED) is 0.339. The fraction of sp³-hybridized carbons (Fsp3) is 0.824. The van der Waals surface area contributed by atoms with Gasteiger partial charge in [0.25, 0.3) is 0 Å². The summed E-state index contributed by atoms with van der Waals surface area (Å²) in [6.45, 7) is 3.16. The Labute approximate surface area is 125 Å². The Hall–Kier alpha value is -0.670. The fourth-order valence-electron chi connectivity index (χ4n) is 2.03. The molecule has 0 saturated heterocycles. The lowest BCUT2D eigenvalue weighted by atomic mass is 10.1. The van der Waals surface area contributed by atoms with Crippen LogP contribution in [-0.2, 0) is 4.79 Å². The van der Waals surface area contributed by atoms with Crippen LogP contribution in [0, 0.1) is 0 Å². The number of hydrogen-bond acceptors (Lipinski definition) is 2. The molecule has 0 heterocycles. The molecule has 0 amide bonds. The molecular formula is C17H35N2O+. The number of nitrogens with zero attached hydrogens (tertiary/aromatic N) is 1. The summed E-state index contributed by atoms with van der Waals surface area (Å²) >= 11 is 0. The Morgan fingerprint density at radius 3 is 2.30 bits per heavy atom. The first-order valence-corrected chi connectivity index (χ1v) is 8.13. The molecule has 0 aromatic rings. The number of ketones is 1. The minimum absolute atomic E-state index is 0.0735. The normalized spacial score (nSPS) is 13.8. The number of carbonyl (C=O) groups is 1. The highest BCUT2D eigenvalue weighted by Gasteiger charge is 2.15. The Morgan fingerprint density at radius 1 is 1.10 bits per heavy atom. The van der Waals surface area contributed by atoms with Crippen LogP contribution in [0.2, 0.25) is 0 Å². The van der Waals surface area contributed by atoms with Gasteiger partial charge in [0.15, 0.2) is 5.78 Å². The van der Waals surface area contributed by atoms with E-state index in [1.54, 1.807) is 6.08 Å². The van der Waals surface area contributed by atoms with E-state index in [0.29, 0.717) is 0 Å². The van der Waals surface area contributed by atoms with Gasteiger partial charge in [-0.1, -0.05) is 45.1 Å². The molecule has 0 radical (unpaired) electrons. The third kappa shape index (κ3) is 12.4. The molecule has 0 aromatic heterocycles. The van der Waals surface area contributed by atoms with Gasteiger partial charge in [-0.05, 0) is 18.9 Å². The average molecular weight is 283 g/mol. The van der Waals surface area contributed by atoms with Crippen LogP contribution >= 0.6 is 0 Å². The Bertz CT molecular complexity index is 279. The maximum atomic E-state index is 11.8. The second-order valence-electron chi connectivity index (χ2n) is 6.77. The zero-order valence-electron chi connectivity index (χ0n) is 14.0. The fourth-order valence-corrected chi connectivity index (χ4v) is 2.03. The van der Waals surface area contributed by atoms with Gasteiger partial charge in [-0.3, -0.25) is 4.79 Å². The lowest BCUT2D eigenvalue weighted by molar-refractivity contribution is -0.870. The van der Waals surface area contributed by atoms with Gasteiger partial charge in [0.2, 0.25) is 0 Å². The van der Waals surface area contributed by atoms with E-state index in [1.165, 1.54) is 38.5 Å². The predicted octanol–water partition coefficient (Wildman–Crippen LogP) is 3.29. The van der Waals surface area contributed by atoms with Gasteiger partial charge in [0.1, 0.15) is 0 Å². The highest BCUT2D eigenvalue weighted by atomic mass is 16.1. The number of nitrogens with two attached hydrogens (primary N) is 1. The molecule has 20 heavy (non-hydrogen) atoms. The third-order valence-electron chi connectivity index (χ3n) is 3.48. The number of quaternary nitrogens is 1. The van der Waals surface area contributed by atoms with Gasteiger partial charge in [0, 0.05) is 6.42 Å². The lowest BCUT2D eigenvalue weighted by Crippen LogP contribution is -2.40. The summed E-state index contributed by atoms with van der Waals surface area (Å²) in [4.78, 5) is 11.8. The number of allylic oxidation sites excluding steroid dienone is 1. The van der Waals surface area contributed by atoms with Crippen molar-refractivity contribution in [2.24, 2.45) is 5.73 Å². The molecular weight excluding hydrogens is 248 g/mol. The van der Waals surface area contributed by atoms with E-state index in [4.69, 9.17) is 5.73 Å². The number of hydrogen-bond donors (Lipinski definition) is 1. The van der Waals surface area contributed by atoms with Crippen molar-refractivity contribution in [1.29, 1.82) is 0 Å². The van der Waals surface area contributed by atoms with Gasteiger partial charge < -0.3 is 10.2 Å². The molecule has 0 aliphatic heterocycles. The van der Waals surface area contributed by atoms with Crippen LogP contribution in [0.1, 0.15) is 58.3 Å². The van der Waals surface area contributed by atoms with Crippen molar-refractivity contribution in [3.63, 3.8) is 0 Å². The standard InChI is InChI=1S/C17H35N2O/c1-5-6-7-8-9-10-11-12-13-17(20)16(18)14-15-19(2,3)4/h12-13,16H,5-11,14-15,18H2,1-4H3/q+1. The monoisotopic (exact) mass is 283 g/mol. The zero-order valence-corrected chi connectivity index (χ0v) is 14.0. The Kier molecular flexibility index (Phi) is 10.7. The molecule has 1 atom stereocenters. The number of carbonyl (C=O) groups excluding carboxylic acids is 1. The molecule has 1 unspecified atom stereocenters. The van der Waals surface area contributed by atoms with Gasteiger partial charge >= 0.3 is 0 Å². The highest BCUT2D eigenvalue weighted by molar-refractivity contribution is 5.93. The summed E-state index contributed by atoms with van der Waals surface area (Å²) in [5.74, 6) is 0.0735. The smallest absolute Gasteiger partial charge is 0.172 e. The molecule has 0 aliphatic carbocycles. The van der Waals surface area contributed by atoms with Crippen LogP contribution < -0.4 is 5.73 Å². The molecule has 0 bridgehead atoms. The van der Waals surface area contributed by atoms with Crippen LogP contribution in [0.4, 0.5) is 0 Å². The summed E-state index contributed by atoms with van der Waals surface area (Å²) in [7, 11) is 6.35. The van der Waals surface area contributed by atoms with E-state index in [0.717, 1.165) is 23.9 Å². The van der Waals surface area contributed by atoms with E-state index < -0.39 is 0 Å².